The second-order valence-electron chi connectivity index (χ2n) is 2.04. The van der Waals surface area contributed by atoms with Crippen molar-refractivity contribution in [2.24, 2.45) is 0 Å². The molecule has 2 radical (unpaired) electrons. The van der Waals surface area contributed by atoms with Gasteiger partial charge in [0.15, 0.2) is 0 Å². The maximum atomic E-state index is 2.32. The molecule has 0 saturated heterocycles. The van der Waals surface area contributed by atoms with Gasteiger partial charge in [-0.25, -0.2) is 0 Å². The Morgan fingerprint density at radius 2 is 2.29 bits per heavy atom. The Balaban J connectivity index is 2.32. The molecule has 38 valence electrons. The molecule has 1 rings (SSSR count). The van der Waals surface area contributed by atoms with Crippen LogP contribution in [0.15, 0.2) is 12.2 Å². The van der Waals surface area contributed by atoms with E-state index in [0.29, 0.717) is 0 Å². The summed E-state index contributed by atoms with van der Waals surface area (Å²) in [6, 6.07) is 0. The summed E-state index contributed by atoms with van der Waals surface area (Å²) in [5, 5.41) is 0. The Hall–Kier alpha value is 0.539. The van der Waals surface area contributed by atoms with E-state index in [1.807, 2.05) is 0 Å². The average Bonchev–Trinajstić information content (AvgIpc) is 1.69. The van der Waals surface area contributed by atoms with Gasteiger partial charge in [-0.3, -0.25) is 0 Å². The number of rotatable bonds is 0. The summed E-state index contributed by atoms with van der Waals surface area (Å²) >= 11 is 1.46. The molecule has 0 spiro atoms. The second-order valence-corrected chi connectivity index (χ2v) is 4.74. The molecule has 0 N–H and O–H groups in total. The van der Waals surface area contributed by atoms with Crippen molar-refractivity contribution in [2.45, 2.75) is 23.2 Å². The van der Waals surface area contributed by atoms with Crippen LogP contribution in [-0.4, -0.2) is 22.5 Å². The van der Waals surface area contributed by atoms with Gasteiger partial charge in [-0.05, 0) is 0 Å². The predicted molar refractivity (Wildman–Crippen MR) is 33.9 cm³/mol. The summed E-state index contributed by atoms with van der Waals surface area (Å²) in [4.78, 5) is 0. The molecular weight excluding hydrogens is 191 g/mol. The van der Waals surface area contributed by atoms with Crippen molar-refractivity contribution in [3.05, 3.63) is 12.2 Å². The van der Waals surface area contributed by atoms with Crippen LogP contribution in [0.3, 0.4) is 0 Å². The van der Waals surface area contributed by atoms with Crippen LogP contribution < -0.4 is 0 Å². The normalized spacial score (nSPS) is 30.7. The Morgan fingerprint density at radius 1 is 1.43 bits per heavy atom. The Kier molecular flexibility index (Phi) is 2.23. The van der Waals surface area contributed by atoms with Crippen LogP contribution in [0.4, 0.5) is 0 Å². The van der Waals surface area contributed by atoms with Crippen LogP contribution in [-0.2, 0) is 0 Å². The summed E-state index contributed by atoms with van der Waals surface area (Å²) < 4.78 is 1.08. The van der Waals surface area contributed by atoms with E-state index in [9.17, 15) is 0 Å². The molecule has 0 nitrogen and oxygen atoms in total. The van der Waals surface area contributed by atoms with Gasteiger partial charge >= 0.3 is 57.9 Å². The van der Waals surface area contributed by atoms with Gasteiger partial charge in [0.2, 0.25) is 0 Å². The summed E-state index contributed by atoms with van der Waals surface area (Å²) in [6.45, 7) is 0. The van der Waals surface area contributed by atoms with E-state index in [1.165, 1.54) is 41.8 Å². The van der Waals surface area contributed by atoms with Gasteiger partial charge in [0.25, 0.3) is 0 Å². The fourth-order valence-electron chi connectivity index (χ4n) is 0.817. The SMILES string of the molecule is [SnH][CH]1CC=CCC1. The predicted octanol–water partition coefficient (Wildman–Crippen LogP) is 1.42. The third-order valence-electron chi connectivity index (χ3n) is 1.31. The van der Waals surface area contributed by atoms with Gasteiger partial charge in [-0.15, -0.1) is 0 Å². The molecule has 7 heavy (non-hydrogen) atoms. The summed E-state index contributed by atoms with van der Waals surface area (Å²) in [5.41, 5.74) is 0. The Morgan fingerprint density at radius 3 is 2.57 bits per heavy atom. The first-order chi connectivity index (χ1) is 3.39. The van der Waals surface area contributed by atoms with E-state index in [4.69, 9.17) is 0 Å². The van der Waals surface area contributed by atoms with Gasteiger partial charge in [0.1, 0.15) is 0 Å². The molecule has 1 aliphatic carbocycles. The van der Waals surface area contributed by atoms with Crippen LogP contribution in [0.5, 0.6) is 0 Å². The van der Waals surface area contributed by atoms with E-state index >= 15 is 0 Å². The molecule has 0 amide bonds. The van der Waals surface area contributed by atoms with Crippen molar-refractivity contribution in [3.8, 4) is 0 Å². The zero-order valence-corrected chi connectivity index (χ0v) is 7.73. The van der Waals surface area contributed by atoms with Crippen molar-refractivity contribution >= 4 is 22.5 Å². The van der Waals surface area contributed by atoms with E-state index < -0.39 is 0 Å². The molecule has 0 aliphatic heterocycles. The zero-order chi connectivity index (χ0) is 5.11. The summed E-state index contributed by atoms with van der Waals surface area (Å²) in [6.07, 6.45) is 8.78. The standard InChI is InChI=1S/C6H9.Sn.H/c1-2-4-6-5-3-1;;/h1-2,5H,3-4,6H2;;. The van der Waals surface area contributed by atoms with Gasteiger partial charge in [-0.1, -0.05) is 0 Å². The van der Waals surface area contributed by atoms with Crippen molar-refractivity contribution in [2.75, 3.05) is 0 Å². The first-order valence-corrected chi connectivity index (χ1v) is 4.70. The van der Waals surface area contributed by atoms with Crippen molar-refractivity contribution in [1.82, 2.24) is 0 Å². The van der Waals surface area contributed by atoms with Crippen molar-refractivity contribution < 1.29 is 0 Å². The zero-order valence-electron chi connectivity index (χ0n) is 4.43. The molecule has 0 aromatic heterocycles. The molecule has 1 heteroatoms. The van der Waals surface area contributed by atoms with E-state index in [-0.39, 0.29) is 0 Å². The van der Waals surface area contributed by atoms with Gasteiger partial charge < -0.3 is 0 Å². The molecule has 0 heterocycles. The molecule has 0 saturated carbocycles. The topological polar surface area (TPSA) is 0 Å². The van der Waals surface area contributed by atoms with E-state index in [0.717, 1.165) is 3.93 Å². The molecule has 0 bridgehead atoms. The third kappa shape index (κ3) is 1.85. The number of allylic oxidation sites excluding steroid dienone is 2. The Bertz CT molecular complexity index is 76.2. The fourth-order valence-corrected chi connectivity index (χ4v) is 1.81. The molecule has 0 aromatic carbocycles. The maximum absolute atomic E-state index is 2.32. The molecule has 1 unspecified atom stereocenters. The quantitative estimate of drug-likeness (QED) is 0.410. The fraction of sp³-hybridized carbons (Fsp3) is 0.667. The van der Waals surface area contributed by atoms with E-state index in [1.54, 1.807) is 0 Å². The van der Waals surface area contributed by atoms with E-state index in [2.05, 4.69) is 12.2 Å². The van der Waals surface area contributed by atoms with Crippen molar-refractivity contribution in [1.29, 1.82) is 0 Å². The van der Waals surface area contributed by atoms with Gasteiger partial charge in [0.05, 0.1) is 0 Å². The monoisotopic (exact) mass is 202 g/mol. The van der Waals surface area contributed by atoms with Crippen LogP contribution in [0.1, 0.15) is 19.3 Å². The van der Waals surface area contributed by atoms with Gasteiger partial charge in [0, 0.05) is 0 Å². The van der Waals surface area contributed by atoms with Crippen LogP contribution in [0.2, 0.25) is 3.93 Å². The molecule has 1 atom stereocenters. The minimum atomic E-state index is 1.08. The average molecular weight is 201 g/mol. The van der Waals surface area contributed by atoms with Crippen LogP contribution in [0, 0.1) is 0 Å². The number of hydrogen-bond acceptors (Lipinski definition) is 0. The van der Waals surface area contributed by atoms with Gasteiger partial charge in [-0.2, -0.15) is 0 Å². The molecular formula is C6H10Sn. The van der Waals surface area contributed by atoms with Crippen LogP contribution >= 0.6 is 0 Å². The molecule has 0 aromatic rings. The minimum absolute atomic E-state index is 1.08. The Labute approximate surface area is 58.1 Å². The molecule has 0 fully saturated rings. The van der Waals surface area contributed by atoms with Crippen molar-refractivity contribution in [3.63, 3.8) is 0 Å². The summed E-state index contributed by atoms with van der Waals surface area (Å²) in [5.74, 6) is 0. The second kappa shape index (κ2) is 2.75. The molecule has 1 aliphatic rings. The number of hydrogen-bond donors (Lipinski definition) is 0. The summed E-state index contributed by atoms with van der Waals surface area (Å²) in [7, 11) is 0. The third-order valence-corrected chi connectivity index (χ3v) is 3.04. The first-order valence-electron chi connectivity index (χ1n) is 2.80. The first kappa shape index (κ1) is 5.67. The van der Waals surface area contributed by atoms with Crippen LogP contribution in [0.25, 0.3) is 0 Å².